The lowest BCUT2D eigenvalue weighted by molar-refractivity contribution is -0.137. The molecule has 4 nitrogen and oxygen atoms in total. The Hall–Kier alpha value is -1.36. The third kappa shape index (κ3) is 5.87. The molecule has 0 aromatic heterocycles. The molecule has 1 aromatic rings. The van der Waals surface area contributed by atoms with Crippen molar-refractivity contribution in [3.8, 4) is 0 Å². The normalized spacial score (nSPS) is 11.2. The SMILES string of the molecule is CC(C)(C(=O)NCCCCCC(=O)O)c1ccc(Br)cc1. The maximum Gasteiger partial charge on any atom is 0.303 e. The van der Waals surface area contributed by atoms with Gasteiger partial charge in [-0.15, -0.1) is 0 Å². The average molecular weight is 356 g/mol. The van der Waals surface area contributed by atoms with Crippen molar-refractivity contribution < 1.29 is 14.7 Å². The van der Waals surface area contributed by atoms with Crippen LogP contribution in [0.3, 0.4) is 0 Å². The lowest BCUT2D eigenvalue weighted by Gasteiger charge is -2.24. The van der Waals surface area contributed by atoms with Crippen molar-refractivity contribution in [3.05, 3.63) is 34.3 Å². The fourth-order valence-electron chi connectivity index (χ4n) is 2.00. The van der Waals surface area contributed by atoms with E-state index >= 15 is 0 Å². The number of halogens is 1. The minimum Gasteiger partial charge on any atom is -0.481 e. The minimum absolute atomic E-state index is 0.0111. The highest BCUT2D eigenvalue weighted by Gasteiger charge is 2.29. The molecule has 0 atom stereocenters. The number of benzene rings is 1. The summed E-state index contributed by atoms with van der Waals surface area (Å²) in [6.07, 6.45) is 2.46. The van der Waals surface area contributed by atoms with Gasteiger partial charge in [-0.3, -0.25) is 9.59 Å². The summed E-state index contributed by atoms with van der Waals surface area (Å²) in [5, 5.41) is 11.5. The molecule has 0 aliphatic heterocycles. The molecule has 21 heavy (non-hydrogen) atoms. The van der Waals surface area contributed by atoms with Crippen LogP contribution < -0.4 is 5.32 Å². The number of amides is 1. The van der Waals surface area contributed by atoms with Gasteiger partial charge in [-0.1, -0.05) is 34.5 Å². The largest absolute Gasteiger partial charge is 0.481 e. The van der Waals surface area contributed by atoms with Gasteiger partial charge in [-0.25, -0.2) is 0 Å². The molecule has 0 spiro atoms. The van der Waals surface area contributed by atoms with Crippen molar-refractivity contribution in [1.82, 2.24) is 5.32 Å². The molecule has 5 heteroatoms. The van der Waals surface area contributed by atoms with Gasteiger partial charge in [0, 0.05) is 17.4 Å². The summed E-state index contributed by atoms with van der Waals surface area (Å²) in [5.41, 5.74) is 0.385. The number of carbonyl (C=O) groups is 2. The van der Waals surface area contributed by atoms with Crippen molar-refractivity contribution in [2.75, 3.05) is 6.54 Å². The zero-order valence-electron chi connectivity index (χ0n) is 12.5. The fourth-order valence-corrected chi connectivity index (χ4v) is 2.26. The maximum absolute atomic E-state index is 12.3. The molecule has 0 radical (unpaired) electrons. The number of carbonyl (C=O) groups excluding carboxylic acids is 1. The first-order valence-corrected chi connectivity index (χ1v) is 7.89. The predicted molar refractivity (Wildman–Crippen MR) is 86.3 cm³/mol. The number of nitrogens with one attached hydrogen (secondary N) is 1. The van der Waals surface area contributed by atoms with E-state index < -0.39 is 11.4 Å². The van der Waals surface area contributed by atoms with E-state index in [1.54, 1.807) is 0 Å². The number of unbranched alkanes of at least 4 members (excludes halogenated alkanes) is 2. The van der Waals surface area contributed by atoms with E-state index in [-0.39, 0.29) is 12.3 Å². The fraction of sp³-hybridized carbons (Fsp3) is 0.500. The van der Waals surface area contributed by atoms with E-state index in [4.69, 9.17) is 5.11 Å². The summed E-state index contributed by atoms with van der Waals surface area (Å²) in [6, 6.07) is 7.74. The van der Waals surface area contributed by atoms with Gasteiger partial charge in [0.2, 0.25) is 5.91 Å². The van der Waals surface area contributed by atoms with E-state index in [2.05, 4.69) is 21.2 Å². The summed E-state index contributed by atoms with van der Waals surface area (Å²) in [7, 11) is 0. The van der Waals surface area contributed by atoms with Gasteiger partial charge in [0.05, 0.1) is 5.41 Å². The van der Waals surface area contributed by atoms with Gasteiger partial charge < -0.3 is 10.4 Å². The first-order chi connectivity index (χ1) is 9.84. The molecule has 0 bridgehead atoms. The molecule has 0 aliphatic carbocycles. The Balaban J connectivity index is 2.39. The van der Waals surface area contributed by atoms with Crippen LogP contribution in [0.15, 0.2) is 28.7 Å². The van der Waals surface area contributed by atoms with Crippen LogP contribution >= 0.6 is 15.9 Å². The number of carboxylic acid groups (broad SMARTS) is 1. The average Bonchev–Trinajstić information content (AvgIpc) is 2.42. The van der Waals surface area contributed by atoms with Gasteiger partial charge in [-0.2, -0.15) is 0 Å². The molecule has 0 saturated heterocycles. The predicted octanol–water partition coefficient (Wildman–Crippen LogP) is 3.49. The molecule has 2 N–H and O–H groups in total. The molecule has 0 aliphatic rings. The van der Waals surface area contributed by atoms with Crippen LogP contribution in [0.2, 0.25) is 0 Å². The zero-order chi connectivity index (χ0) is 15.9. The lowest BCUT2D eigenvalue weighted by Crippen LogP contribution is -2.40. The molecule has 1 aromatic carbocycles. The molecule has 116 valence electrons. The second kappa shape index (κ2) is 8.17. The number of rotatable bonds is 8. The highest BCUT2D eigenvalue weighted by molar-refractivity contribution is 9.10. The molecule has 0 fully saturated rings. The minimum atomic E-state index is -0.768. The Labute approximate surface area is 134 Å². The summed E-state index contributed by atoms with van der Waals surface area (Å²) in [5.74, 6) is -0.779. The molecule has 1 amide bonds. The molecule has 1 rings (SSSR count). The third-order valence-corrected chi connectivity index (χ3v) is 4.02. The smallest absolute Gasteiger partial charge is 0.303 e. The van der Waals surface area contributed by atoms with Gasteiger partial charge in [0.1, 0.15) is 0 Å². The summed E-state index contributed by atoms with van der Waals surface area (Å²) in [4.78, 5) is 22.7. The van der Waals surface area contributed by atoms with Crippen LogP contribution in [-0.2, 0) is 15.0 Å². The van der Waals surface area contributed by atoms with Crippen LogP contribution in [0.25, 0.3) is 0 Å². The highest BCUT2D eigenvalue weighted by atomic mass is 79.9. The third-order valence-electron chi connectivity index (χ3n) is 3.49. The first kappa shape index (κ1) is 17.7. The maximum atomic E-state index is 12.3. The number of hydrogen-bond donors (Lipinski definition) is 2. The van der Waals surface area contributed by atoms with Crippen LogP contribution in [0.1, 0.15) is 45.1 Å². The van der Waals surface area contributed by atoms with Crippen molar-refractivity contribution in [3.63, 3.8) is 0 Å². The second-order valence-corrected chi connectivity index (χ2v) is 6.51. The second-order valence-electron chi connectivity index (χ2n) is 5.59. The summed E-state index contributed by atoms with van der Waals surface area (Å²) >= 11 is 3.38. The number of carboxylic acids is 1. The Morgan fingerprint density at radius 2 is 1.76 bits per heavy atom. The lowest BCUT2D eigenvalue weighted by atomic mass is 9.84. The quantitative estimate of drug-likeness (QED) is 0.701. The van der Waals surface area contributed by atoms with E-state index in [0.29, 0.717) is 13.0 Å². The van der Waals surface area contributed by atoms with Crippen LogP contribution in [0, 0.1) is 0 Å². The number of aliphatic carboxylic acids is 1. The Bertz CT molecular complexity index is 483. The van der Waals surface area contributed by atoms with Crippen molar-refractivity contribution >= 4 is 27.8 Å². The standard InChI is InChI=1S/C16H22BrNO3/c1-16(2,12-7-9-13(17)10-8-12)15(21)18-11-5-3-4-6-14(19)20/h7-10H,3-6,11H2,1-2H3,(H,18,21)(H,19,20). The van der Waals surface area contributed by atoms with Crippen molar-refractivity contribution in [2.24, 2.45) is 0 Å². The van der Waals surface area contributed by atoms with E-state index in [1.165, 1.54) is 0 Å². The highest BCUT2D eigenvalue weighted by Crippen LogP contribution is 2.25. The summed E-state index contributed by atoms with van der Waals surface area (Å²) in [6.45, 7) is 4.38. The van der Waals surface area contributed by atoms with Crippen LogP contribution in [0.5, 0.6) is 0 Å². The van der Waals surface area contributed by atoms with E-state index in [1.807, 2.05) is 38.1 Å². The Morgan fingerprint density at radius 3 is 2.33 bits per heavy atom. The molecule has 0 heterocycles. The van der Waals surface area contributed by atoms with E-state index in [0.717, 1.165) is 22.9 Å². The van der Waals surface area contributed by atoms with Crippen LogP contribution in [0.4, 0.5) is 0 Å². The number of hydrogen-bond acceptors (Lipinski definition) is 2. The van der Waals surface area contributed by atoms with Gasteiger partial charge in [0.15, 0.2) is 0 Å². The molecule has 0 saturated carbocycles. The molecular formula is C16H22BrNO3. The monoisotopic (exact) mass is 355 g/mol. The summed E-state index contributed by atoms with van der Waals surface area (Å²) < 4.78 is 0.987. The van der Waals surface area contributed by atoms with Crippen LogP contribution in [-0.4, -0.2) is 23.5 Å². The van der Waals surface area contributed by atoms with Gasteiger partial charge in [0.25, 0.3) is 0 Å². The topological polar surface area (TPSA) is 66.4 Å². The van der Waals surface area contributed by atoms with E-state index in [9.17, 15) is 9.59 Å². The van der Waals surface area contributed by atoms with Gasteiger partial charge >= 0.3 is 5.97 Å². The Kier molecular flexibility index (Phi) is 6.89. The van der Waals surface area contributed by atoms with Gasteiger partial charge in [-0.05, 0) is 44.4 Å². The zero-order valence-corrected chi connectivity index (χ0v) is 14.1. The molecule has 0 unspecified atom stereocenters. The van der Waals surface area contributed by atoms with Crippen molar-refractivity contribution in [2.45, 2.75) is 44.9 Å². The van der Waals surface area contributed by atoms with Crippen molar-refractivity contribution in [1.29, 1.82) is 0 Å². The molecular weight excluding hydrogens is 334 g/mol. The Morgan fingerprint density at radius 1 is 1.14 bits per heavy atom. The first-order valence-electron chi connectivity index (χ1n) is 7.10.